The van der Waals surface area contributed by atoms with Gasteiger partial charge in [-0.15, -0.1) is 0 Å². The van der Waals surface area contributed by atoms with Gasteiger partial charge in [-0.1, -0.05) is 12.1 Å². The van der Waals surface area contributed by atoms with E-state index in [9.17, 15) is 40.2 Å². The van der Waals surface area contributed by atoms with Crippen LogP contribution in [0.25, 0.3) is 6.08 Å². The highest BCUT2D eigenvalue weighted by Gasteiger charge is 2.16. The Hall–Kier alpha value is -4.86. The molecule has 0 radical (unpaired) electrons. The number of phenols is 6. The third-order valence-electron chi connectivity index (χ3n) is 4.53. The smallest absolute Gasteiger partial charge is 0.268 e. The van der Waals surface area contributed by atoms with Crippen molar-refractivity contribution in [2.75, 3.05) is 0 Å². The molecular formula is C23H20N2O8. The lowest BCUT2D eigenvalue weighted by Crippen LogP contribution is -2.34. The van der Waals surface area contributed by atoms with Crippen molar-refractivity contribution in [1.29, 1.82) is 0 Å². The maximum Gasteiger partial charge on any atom is 0.268 e. The van der Waals surface area contributed by atoms with Gasteiger partial charge in [0.1, 0.15) is 5.70 Å². The predicted octanol–water partition coefficient (Wildman–Crippen LogP) is 2.01. The molecule has 2 amide bonds. The van der Waals surface area contributed by atoms with Gasteiger partial charge < -0.3 is 41.3 Å². The van der Waals surface area contributed by atoms with Gasteiger partial charge in [0.2, 0.25) is 0 Å². The first kappa shape index (κ1) is 22.8. The van der Waals surface area contributed by atoms with E-state index in [2.05, 4.69) is 10.6 Å². The number of aromatic hydroxyl groups is 6. The number of rotatable bonds is 6. The van der Waals surface area contributed by atoms with Gasteiger partial charge in [0.15, 0.2) is 34.5 Å². The number of hydrogen-bond acceptors (Lipinski definition) is 8. The zero-order valence-electron chi connectivity index (χ0n) is 17.0. The molecule has 0 unspecified atom stereocenters. The molecule has 10 heteroatoms. The van der Waals surface area contributed by atoms with Crippen molar-refractivity contribution in [1.82, 2.24) is 10.6 Å². The van der Waals surface area contributed by atoms with Gasteiger partial charge in [0.25, 0.3) is 11.8 Å². The maximum absolute atomic E-state index is 12.8. The highest BCUT2D eigenvalue weighted by atomic mass is 16.3. The molecule has 0 heterocycles. The Kier molecular flexibility index (Phi) is 6.58. The molecule has 0 spiro atoms. The first-order chi connectivity index (χ1) is 15.6. The minimum absolute atomic E-state index is 0.0407. The van der Waals surface area contributed by atoms with Crippen LogP contribution < -0.4 is 10.6 Å². The molecule has 0 atom stereocenters. The second-order valence-corrected chi connectivity index (χ2v) is 6.97. The lowest BCUT2D eigenvalue weighted by atomic mass is 10.1. The lowest BCUT2D eigenvalue weighted by molar-refractivity contribution is -0.117. The van der Waals surface area contributed by atoms with Crippen LogP contribution >= 0.6 is 0 Å². The normalized spacial score (nSPS) is 11.1. The first-order valence-electron chi connectivity index (χ1n) is 9.50. The van der Waals surface area contributed by atoms with Crippen molar-refractivity contribution < 1.29 is 40.2 Å². The molecule has 0 aliphatic heterocycles. The van der Waals surface area contributed by atoms with Crippen LogP contribution in [0.1, 0.15) is 21.5 Å². The van der Waals surface area contributed by atoms with E-state index in [0.717, 1.165) is 12.1 Å². The Labute approximate surface area is 187 Å². The first-order valence-corrected chi connectivity index (χ1v) is 9.50. The highest BCUT2D eigenvalue weighted by Crippen LogP contribution is 2.27. The fraction of sp³-hybridized carbons (Fsp3) is 0.0435. The van der Waals surface area contributed by atoms with Gasteiger partial charge in [0, 0.05) is 12.1 Å². The number of nitrogens with one attached hydrogen (secondary N) is 2. The summed E-state index contributed by atoms with van der Waals surface area (Å²) in [6.07, 6.45) is 1.25. The van der Waals surface area contributed by atoms with Crippen LogP contribution in [0.4, 0.5) is 0 Å². The molecular weight excluding hydrogens is 432 g/mol. The van der Waals surface area contributed by atoms with E-state index < -0.39 is 29.1 Å². The Morgan fingerprint density at radius 1 is 0.697 bits per heavy atom. The number of carbonyl (C=O) groups excluding carboxylic acids is 2. The molecule has 0 fully saturated rings. The minimum Gasteiger partial charge on any atom is -0.504 e. The van der Waals surface area contributed by atoms with Crippen molar-refractivity contribution in [3.63, 3.8) is 0 Å². The van der Waals surface area contributed by atoms with E-state index in [1.54, 1.807) is 0 Å². The summed E-state index contributed by atoms with van der Waals surface area (Å²) in [5.41, 5.74) is 0.475. The summed E-state index contributed by atoms with van der Waals surface area (Å²) in [4.78, 5) is 25.4. The minimum atomic E-state index is -0.767. The standard InChI is InChI=1S/C23H20N2O8/c26-16-4-1-12(8-19(16)29)7-15(25-22(32)14-3-6-18(28)21(31)10-14)23(33)24-11-13-2-5-17(27)20(30)9-13/h1-10,26-31H,11H2,(H,24,33)(H,25,32)/b15-7-. The molecule has 3 aromatic carbocycles. The van der Waals surface area contributed by atoms with Crippen molar-refractivity contribution in [2.24, 2.45) is 0 Å². The van der Waals surface area contributed by atoms with E-state index in [0.29, 0.717) is 5.56 Å². The van der Waals surface area contributed by atoms with Gasteiger partial charge in [-0.25, -0.2) is 0 Å². The van der Waals surface area contributed by atoms with E-state index in [1.165, 1.54) is 48.5 Å². The Balaban J connectivity index is 1.86. The molecule has 10 nitrogen and oxygen atoms in total. The van der Waals surface area contributed by atoms with Crippen LogP contribution in [0.2, 0.25) is 0 Å². The third-order valence-corrected chi connectivity index (χ3v) is 4.53. The van der Waals surface area contributed by atoms with Gasteiger partial charge in [0.05, 0.1) is 0 Å². The van der Waals surface area contributed by atoms with E-state index in [4.69, 9.17) is 0 Å². The third kappa shape index (κ3) is 5.64. The Morgan fingerprint density at radius 3 is 1.88 bits per heavy atom. The van der Waals surface area contributed by atoms with Crippen molar-refractivity contribution in [3.8, 4) is 34.5 Å². The molecule has 0 aliphatic carbocycles. The van der Waals surface area contributed by atoms with Gasteiger partial charge in [-0.2, -0.15) is 0 Å². The zero-order valence-corrected chi connectivity index (χ0v) is 17.0. The van der Waals surface area contributed by atoms with Crippen LogP contribution in [0.15, 0.2) is 60.3 Å². The molecule has 0 aliphatic rings. The molecule has 0 saturated carbocycles. The predicted molar refractivity (Wildman–Crippen MR) is 117 cm³/mol. The zero-order chi connectivity index (χ0) is 24.1. The number of benzene rings is 3. The molecule has 33 heavy (non-hydrogen) atoms. The van der Waals surface area contributed by atoms with Crippen LogP contribution in [0.3, 0.4) is 0 Å². The second-order valence-electron chi connectivity index (χ2n) is 6.97. The van der Waals surface area contributed by atoms with Crippen LogP contribution in [-0.4, -0.2) is 42.5 Å². The van der Waals surface area contributed by atoms with Crippen LogP contribution in [0.5, 0.6) is 34.5 Å². The molecule has 0 bridgehead atoms. The number of hydrogen-bond donors (Lipinski definition) is 8. The number of amides is 2. The molecule has 8 N–H and O–H groups in total. The Bertz CT molecular complexity index is 1250. The molecule has 0 aromatic heterocycles. The number of phenolic OH excluding ortho intramolecular Hbond substituents is 6. The fourth-order valence-electron chi connectivity index (χ4n) is 2.77. The van der Waals surface area contributed by atoms with Crippen LogP contribution in [-0.2, 0) is 11.3 Å². The summed E-state index contributed by atoms with van der Waals surface area (Å²) in [5.74, 6) is -3.92. The second kappa shape index (κ2) is 9.52. The topological polar surface area (TPSA) is 180 Å². The fourth-order valence-corrected chi connectivity index (χ4v) is 2.77. The summed E-state index contributed by atoms with van der Waals surface area (Å²) in [6, 6.07) is 11.2. The monoisotopic (exact) mass is 452 g/mol. The molecule has 3 rings (SSSR count). The van der Waals surface area contributed by atoms with Crippen LogP contribution in [0, 0.1) is 0 Å². The quantitative estimate of drug-likeness (QED) is 0.207. The van der Waals surface area contributed by atoms with Crippen molar-refractivity contribution in [3.05, 3.63) is 77.0 Å². The van der Waals surface area contributed by atoms with Gasteiger partial charge >= 0.3 is 0 Å². The average molecular weight is 452 g/mol. The summed E-state index contributed by atoms with van der Waals surface area (Å²) >= 11 is 0. The van der Waals surface area contributed by atoms with Gasteiger partial charge in [-0.05, 0) is 59.7 Å². The largest absolute Gasteiger partial charge is 0.504 e. The summed E-state index contributed by atoms with van der Waals surface area (Å²) in [6.45, 7) is -0.0549. The average Bonchev–Trinajstić information content (AvgIpc) is 2.78. The summed E-state index contributed by atoms with van der Waals surface area (Å²) in [7, 11) is 0. The van der Waals surface area contributed by atoms with Crippen molar-refractivity contribution >= 4 is 17.9 Å². The SMILES string of the molecule is O=C(NCc1ccc(O)c(O)c1)/C(=C/c1ccc(O)c(O)c1)NC(=O)c1ccc(O)c(O)c1. The lowest BCUT2D eigenvalue weighted by Gasteiger charge is -2.12. The summed E-state index contributed by atoms with van der Waals surface area (Å²) < 4.78 is 0. The van der Waals surface area contributed by atoms with E-state index in [1.807, 2.05) is 0 Å². The summed E-state index contributed by atoms with van der Waals surface area (Å²) in [5, 5.41) is 62.2. The number of carbonyl (C=O) groups is 2. The Morgan fingerprint density at radius 2 is 1.27 bits per heavy atom. The molecule has 0 saturated heterocycles. The van der Waals surface area contributed by atoms with E-state index >= 15 is 0 Å². The van der Waals surface area contributed by atoms with E-state index in [-0.39, 0.29) is 40.6 Å². The highest BCUT2D eigenvalue weighted by molar-refractivity contribution is 6.05. The molecule has 170 valence electrons. The maximum atomic E-state index is 12.8. The van der Waals surface area contributed by atoms with Gasteiger partial charge in [-0.3, -0.25) is 9.59 Å². The van der Waals surface area contributed by atoms with Crippen molar-refractivity contribution in [2.45, 2.75) is 6.54 Å². The molecule has 3 aromatic rings.